The molecule has 40 heavy (non-hydrogen) atoms. The smallest absolute Gasteiger partial charge is 0.298 e. The molecular formula is C28H23N5O6S. The van der Waals surface area contributed by atoms with E-state index in [2.05, 4.69) is 9.97 Å². The second-order valence-electron chi connectivity index (χ2n) is 9.44. The number of carbonyl (C=O) groups is 1. The zero-order valence-electron chi connectivity index (χ0n) is 21.6. The van der Waals surface area contributed by atoms with Gasteiger partial charge in [-0.1, -0.05) is 0 Å². The summed E-state index contributed by atoms with van der Waals surface area (Å²) in [6, 6.07) is 13.6. The number of carbonyl (C=O) groups excluding carboxylic acids is 1. The molecule has 1 aliphatic heterocycles. The predicted molar refractivity (Wildman–Crippen MR) is 147 cm³/mol. The van der Waals surface area contributed by atoms with Gasteiger partial charge in [0.1, 0.15) is 17.8 Å². The minimum atomic E-state index is -3.80. The van der Waals surface area contributed by atoms with E-state index in [1.807, 2.05) is 25.1 Å². The molecule has 0 spiro atoms. The number of aromatic nitrogens is 4. The number of anilines is 1. The number of ether oxygens (including phenoxy) is 1. The van der Waals surface area contributed by atoms with E-state index in [0.29, 0.717) is 34.7 Å². The first kappa shape index (κ1) is 25.6. The normalized spacial score (nSPS) is 14.2. The van der Waals surface area contributed by atoms with Crippen LogP contribution in [0.1, 0.15) is 5.56 Å². The molecule has 0 bridgehead atoms. The lowest BCUT2D eigenvalue weighted by Crippen LogP contribution is -2.41. The maximum absolute atomic E-state index is 13.8. The highest BCUT2D eigenvalue weighted by atomic mass is 32.2. The van der Waals surface area contributed by atoms with Crippen LogP contribution >= 0.6 is 0 Å². The molecule has 11 nitrogen and oxygen atoms in total. The van der Waals surface area contributed by atoms with Gasteiger partial charge in [-0.05, 0) is 61.0 Å². The van der Waals surface area contributed by atoms with Gasteiger partial charge in [0.15, 0.2) is 22.0 Å². The second kappa shape index (κ2) is 9.81. The lowest BCUT2D eigenvalue weighted by molar-refractivity contribution is -0.125. The Morgan fingerprint density at radius 2 is 1.85 bits per heavy atom. The number of aryl methyl sites for hydroxylation is 1. The van der Waals surface area contributed by atoms with Gasteiger partial charge < -0.3 is 14.1 Å². The van der Waals surface area contributed by atoms with Crippen LogP contribution in [0.5, 0.6) is 0 Å². The molecule has 4 heterocycles. The monoisotopic (exact) mass is 557 g/mol. The maximum Gasteiger partial charge on any atom is 0.298 e. The summed E-state index contributed by atoms with van der Waals surface area (Å²) in [5.74, 6) is 0.285. The van der Waals surface area contributed by atoms with Crippen molar-refractivity contribution in [3.8, 4) is 28.3 Å². The molecule has 0 saturated carbocycles. The van der Waals surface area contributed by atoms with E-state index in [9.17, 15) is 18.0 Å². The Labute approximate surface area is 228 Å². The summed E-state index contributed by atoms with van der Waals surface area (Å²) in [6.07, 6.45) is 5.49. The van der Waals surface area contributed by atoms with Crippen molar-refractivity contribution in [2.75, 3.05) is 30.9 Å². The molecule has 0 aliphatic carbocycles. The van der Waals surface area contributed by atoms with Crippen molar-refractivity contribution in [2.45, 2.75) is 11.8 Å². The Kier molecular flexibility index (Phi) is 6.28. The summed E-state index contributed by atoms with van der Waals surface area (Å²) in [5, 5.41) is 5.21. The number of amides is 1. The molecule has 1 fully saturated rings. The number of nitrogens with zero attached hydrogens (tertiary/aromatic N) is 5. The van der Waals surface area contributed by atoms with Crippen molar-refractivity contribution < 1.29 is 22.4 Å². The molecule has 1 aliphatic rings. The molecule has 3 aromatic heterocycles. The molecule has 2 aromatic carbocycles. The fraction of sp³-hybridized carbons (Fsp3) is 0.179. The zero-order chi connectivity index (χ0) is 28.0. The van der Waals surface area contributed by atoms with Crippen LogP contribution in [-0.4, -0.2) is 60.1 Å². The molecule has 0 atom stereocenters. The number of rotatable bonds is 5. The van der Waals surface area contributed by atoms with Crippen molar-refractivity contribution in [3.05, 3.63) is 83.2 Å². The maximum atomic E-state index is 13.8. The summed E-state index contributed by atoms with van der Waals surface area (Å²) < 4.78 is 37.5. The van der Waals surface area contributed by atoms with Crippen LogP contribution in [0.4, 0.5) is 5.69 Å². The van der Waals surface area contributed by atoms with Crippen molar-refractivity contribution in [1.29, 1.82) is 0 Å². The first-order chi connectivity index (χ1) is 19.2. The van der Waals surface area contributed by atoms with Gasteiger partial charge in [0.05, 0.1) is 23.4 Å². The Hall–Kier alpha value is -4.68. The van der Waals surface area contributed by atoms with Gasteiger partial charge in [0.2, 0.25) is 0 Å². The van der Waals surface area contributed by atoms with Gasteiger partial charge >= 0.3 is 0 Å². The van der Waals surface area contributed by atoms with Gasteiger partial charge in [0.25, 0.3) is 11.5 Å². The summed E-state index contributed by atoms with van der Waals surface area (Å²) in [5.41, 5.74) is 2.70. The van der Waals surface area contributed by atoms with Crippen LogP contribution in [0.3, 0.4) is 0 Å². The number of pyridine rings is 1. The highest BCUT2D eigenvalue weighted by Gasteiger charge is 2.25. The molecule has 1 amide bonds. The van der Waals surface area contributed by atoms with E-state index in [4.69, 9.17) is 14.3 Å². The molecule has 5 aromatic rings. The summed E-state index contributed by atoms with van der Waals surface area (Å²) >= 11 is 0. The number of morpholine rings is 1. The predicted octanol–water partition coefficient (Wildman–Crippen LogP) is 3.18. The number of hydrogen-bond acceptors (Lipinski definition) is 9. The van der Waals surface area contributed by atoms with Crippen LogP contribution in [-0.2, 0) is 19.4 Å². The van der Waals surface area contributed by atoms with E-state index >= 15 is 0 Å². The molecule has 1 saturated heterocycles. The zero-order valence-corrected chi connectivity index (χ0v) is 22.4. The number of benzene rings is 2. The Morgan fingerprint density at radius 1 is 1.02 bits per heavy atom. The van der Waals surface area contributed by atoms with Crippen molar-refractivity contribution in [2.24, 2.45) is 0 Å². The van der Waals surface area contributed by atoms with Gasteiger partial charge in [-0.15, -0.1) is 0 Å². The fourth-order valence-electron chi connectivity index (χ4n) is 4.81. The third-order valence-corrected chi connectivity index (χ3v) is 7.74. The average molecular weight is 558 g/mol. The van der Waals surface area contributed by atoms with Crippen LogP contribution < -0.4 is 10.5 Å². The SMILES string of the molecule is Cc1cc(-c2cnco2)cc(-c2nn(-c3cc(N4CCOCC4=O)ccc3S(C)(=O)=O)c(=O)c3ncccc23)c1. The second-order valence-corrected chi connectivity index (χ2v) is 11.4. The van der Waals surface area contributed by atoms with E-state index in [-0.39, 0.29) is 35.2 Å². The Balaban J connectivity index is 1.64. The Morgan fingerprint density at radius 3 is 2.60 bits per heavy atom. The third kappa shape index (κ3) is 4.56. The first-order valence-corrected chi connectivity index (χ1v) is 14.2. The van der Waals surface area contributed by atoms with Crippen LogP contribution in [0, 0.1) is 6.92 Å². The molecule has 6 rings (SSSR count). The molecular weight excluding hydrogens is 534 g/mol. The number of sulfone groups is 1. The Bertz CT molecular complexity index is 1950. The van der Waals surface area contributed by atoms with E-state index in [1.54, 1.807) is 24.4 Å². The fourth-order valence-corrected chi connectivity index (χ4v) is 5.65. The van der Waals surface area contributed by atoms with Crippen LogP contribution in [0.2, 0.25) is 0 Å². The molecule has 202 valence electrons. The number of fused-ring (bicyclic) bond motifs is 1. The van der Waals surface area contributed by atoms with E-state index in [1.165, 1.54) is 29.6 Å². The number of oxazole rings is 1. The summed E-state index contributed by atoms with van der Waals surface area (Å²) in [7, 11) is -3.80. The largest absolute Gasteiger partial charge is 0.444 e. The van der Waals surface area contributed by atoms with Gasteiger partial charge in [-0.2, -0.15) is 9.78 Å². The number of hydrogen-bond donors (Lipinski definition) is 0. The highest BCUT2D eigenvalue weighted by molar-refractivity contribution is 7.90. The highest BCUT2D eigenvalue weighted by Crippen LogP contribution is 2.32. The first-order valence-electron chi connectivity index (χ1n) is 12.3. The standard InChI is InChI=1S/C28H23N5O6S/c1-17-10-18(23-14-29-16-39-23)12-19(11-17)26-21-4-3-7-30-27(21)28(35)33(31-26)22-13-20(5-6-24(22)40(2,36)37)32-8-9-38-15-25(32)34/h3-7,10-14,16H,8-9,15H2,1-2H3. The van der Waals surface area contributed by atoms with E-state index < -0.39 is 15.4 Å². The van der Waals surface area contributed by atoms with Crippen molar-refractivity contribution in [3.63, 3.8) is 0 Å². The minimum absolute atomic E-state index is 0.0150. The average Bonchev–Trinajstić information content (AvgIpc) is 3.48. The molecule has 0 N–H and O–H groups in total. The summed E-state index contributed by atoms with van der Waals surface area (Å²) in [6.45, 7) is 2.45. The summed E-state index contributed by atoms with van der Waals surface area (Å²) in [4.78, 5) is 36.0. The van der Waals surface area contributed by atoms with Crippen molar-refractivity contribution in [1.82, 2.24) is 19.7 Å². The molecule has 0 radical (unpaired) electrons. The minimum Gasteiger partial charge on any atom is -0.444 e. The molecule has 0 unspecified atom stereocenters. The van der Waals surface area contributed by atoms with Gasteiger partial charge in [-0.3, -0.25) is 14.6 Å². The van der Waals surface area contributed by atoms with Gasteiger partial charge in [0, 0.05) is 41.2 Å². The van der Waals surface area contributed by atoms with Gasteiger partial charge in [-0.25, -0.2) is 13.4 Å². The van der Waals surface area contributed by atoms with Crippen LogP contribution in [0.15, 0.2) is 81.4 Å². The molecule has 12 heteroatoms. The third-order valence-electron chi connectivity index (χ3n) is 6.59. The lowest BCUT2D eigenvalue weighted by atomic mass is 10.0. The van der Waals surface area contributed by atoms with Crippen LogP contribution in [0.25, 0.3) is 39.2 Å². The quantitative estimate of drug-likeness (QED) is 0.319. The lowest BCUT2D eigenvalue weighted by Gasteiger charge is -2.27. The van der Waals surface area contributed by atoms with E-state index in [0.717, 1.165) is 22.1 Å². The van der Waals surface area contributed by atoms with Crippen molar-refractivity contribution >= 4 is 32.3 Å². The topological polar surface area (TPSA) is 137 Å².